The average Bonchev–Trinajstić information content (AvgIpc) is 3.02. The van der Waals surface area contributed by atoms with E-state index in [1.807, 2.05) is 31.2 Å². The second kappa shape index (κ2) is 4.59. The van der Waals surface area contributed by atoms with E-state index < -0.39 is 0 Å². The first-order valence-corrected chi connectivity index (χ1v) is 6.57. The van der Waals surface area contributed by atoms with E-state index >= 15 is 0 Å². The fourth-order valence-corrected chi connectivity index (χ4v) is 2.54. The van der Waals surface area contributed by atoms with Crippen molar-refractivity contribution in [2.24, 2.45) is 0 Å². The molecule has 2 aromatic heterocycles. The van der Waals surface area contributed by atoms with Crippen LogP contribution in [0.3, 0.4) is 0 Å². The Kier molecular flexibility index (Phi) is 2.93. The van der Waals surface area contributed by atoms with E-state index in [9.17, 15) is 0 Å². The summed E-state index contributed by atoms with van der Waals surface area (Å²) in [5.41, 5.74) is 2.44. The number of fused-ring (bicyclic) bond motifs is 1. The lowest BCUT2D eigenvalue weighted by molar-refractivity contribution is 0.491. The number of hydrogen-bond acceptors (Lipinski definition) is 5. The molecule has 2 heterocycles. The maximum atomic E-state index is 6.21. The van der Waals surface area contributed by atoms with Gasteiger partial charge in [0.1, 0.15) is 16.8 Å². The normalized spacial score (nSPS) is 12.8. The molecule has 0 bridgehead atoms. The zero-order valence-corrected chi connectivity index (χ0v) is 11.1. The van der Waals surface area contributed by atoms with Crippen molar-refractivity contribution in [2.45, 2.75) is 13.0 Å². The average molecular weight is 280 g/mol. The van der Waals surface area contributed by atoms with Gasteiger partial charge >= 0.3 is 0 Å². The summed E-state index contributed by atoms with van der Waals surface area (Å²) < 4.78 is 13.8. The van der Waals surface area contributed by atoms with Gasteiger partial charge in [-0.15, -0.1) is 0 Å². The molecule has 0 radical (unpaired) electrons. The first-order valence-electron chi connectivity index (χ1n) is 5.46. The maximum absolute atomic E-state index is 6.21. The highest BCUT2D eigenvalue weighted by Crippen LogP contribution is 2.32. The van der Waals surface area contributed by atoms with Crippen molar-refractivity contribution in [3.8, 4) is 0 Å². The molecule has 0 fully saturated rings. The quantitative estimate of drug-likeness (QED) is 0.784. The second-order valence-corrected chi connectivity index (χ2v) is 4.87. The van der Waals surface area contributed by atoms with E-state index in [1.165, 1.54) is 11.7 Å². The zero-order valence-electron chi connectivity index (χ0n) is 9.55. The fourth-order valence-electron chi connectivity index (χ4n) is 1.79. The third kappa shape index (κ3) is 1.95. The maximum Gasteiger partial charge on any atom is 0.129 e. The first kappa shape index (κ1) is 11.5. The van der Waals surface area contributed by atoms with Crippen LogP contribution in [0.15, 0.2) is 34.9 Å². The first-order chi connectivity index (χ1) is 8.75. The lowest BCUT2D eigenvalue weighted by atomic mass is 10.2. The molecular weight excluding hydrogens is 270 g/mol. The molecule has 4 nitrogen and oxygen atoms in total. The van der Waals surface area contributed by atoms with Crippen LogP contribution >= 0.6 is 23.3 Å². The molecule has 0 aliphatic heterocycles. The zero-order chi connectivity index (χ0) is 12.5. The molecule has 1 N–H and O–H groups in total. The van der Waals surface area contributed by atoms with Crippen LogP contribution in [0.4, 0.5) is 5.69 Å². The van der Waals surface area contributed by atoms with Gasteiger partial charge in [0.2, 0.25) is 0 Å². The van der Waals surface area contributed by atoms with Crippen molar-refractivity contribution in [3.05, 3.63) is 41.3 Å². The molecule has 1 atom stereocenters. The summed E-state index contributed by atoms with van der Waals surface area (Å²) >= 11 is 7.39. The largest absolute Gasteiger partial charge is 0.467 e. The van der Waals surface area contributed by atoms with Crippen molar-refractivity contribution in [1.29, 1.82) is 0 Å². The SMILES string of the molecule is CC(Nc1c(Cl)ccc2nsnc12)c1ccco1. The number of hydrogen-bond donors (Lipinski definition) is 1. The Balaban J connectivity index is 1.99. The molecule has 0 aliphatic carbocycles. The van der Waals surface area contributed by atoms with Crippen LogP contribution in [-0.4, -0.2) is 8.75 Å². The molecule has 1 unspecified atom stereocenters. The summed E-state index contributed by atoms with van der Waals surface area (Å²) in [5.74, 6) is 0.853. The van der Waals surface area contributed by atoms with Crippen molar-refractivity contribution < 1.29 is 4.42 Å². The Bertz CT molecular complexity index is 665. The number of nitrogens with one attached hydrogen (secondary N) is 1. The monoisotopic (exact) mass is 279 g/mol. The highest BCUT2D eigenvalue weighted by molar-refractivity contribution is 7.00. The van der Waals surface area contributed by atoms with Crippen LogP contribution in [0.2, 0.25) is 5.02 Å². The molecular formula is C12H10ClN3OS. The van der Waals surface area contributed by atoms with Crippen LogP contribution < -0.4 is 5.32 Å². The van der Waals surface area contributed by atoms with Gasteiger partial charge in [-0.1, -0.05) is 11.6 Å². The van der Waals surface area contributed by atoms with Crippen molar-refractivity contribution in [2.75, 3.05) is 5.32 Å². The standard InChI is InChI=1S/C12H10ClN3OS/c1-7(10-3-2-6-17-10)14-11-8(13)4-5-9-12(11)16-18-15-9/h2-7,14H,1H3. The number of halogens is 1. The van der Waals surface area contributed by atoms with Gasteiger partial charge in [0.25, 0.3) is 0 Å². The van der Waals surface area contributed by atoms with Gasteiger partial charge in [-0.3, -0.25) is 0 Å². The Labute approximate surface area is 113 Å². The minimum absolute atomic E-state index is 0.0183. The van der Waals surface area contributed by atoms with Crippen LogP contribution in [0.1, 0.15) is 18.7 Å². The van der Waals surface area contributed by atoms with E-state index in [2.05, 4.69) is 14.1 Å². The van der Waals surface area contributed by atoms with Crippen molar-refractivity contribution in [1.82, 2.24) is 8.75 Å². The summed E-state index contributed by atoms with van der Waals surface area (Å²) in [7, 11) is 0. The molecule has 0 spiro atoms. The molecule has 0 saturated carbocycles. The Morgan fingerprint density at radius 3 is 3.00 bits per heavy atom. The molecule has 6 heteroatoms. The number of anilines is 1. The summed E-state index contributed by atoms with van der Waals surface area (Å²) in [6.07, 6.45) is 1.65. The predicted molar refractivity (Wildman–Crippen MR) is 73.2 cm³/mol. The van der Waals surface area contributed by atoms with Crippen LogP contribution in [-0.2, 0) is 0 Å². The predicted octanol–water partition coefficient (Wildman–Crippen LogP) is 4.11. The van der Waals surface area contributed by atoms with Crippen molar-refractivity contribution >= 4 is 40.0 Å². The number of rotatable bonds is 3. The Morgan fingerprint density at radius 1 is 1.33 bits per heavy atom. The lowest BCUT2D eigenvalue weighted by Gasteiger charge is -2.14. The lowest BCUT2D eigenvalue weighted by Crippen LogP contribution is -2.06. The number of benzene rings is 1. The molecule has 3 aromatic rings. The molecule has 1 aromatic carbocycles. The van der Waals surface area contributed by atoms with E-state index in [1.54, 1.807) is 6.26 Å². The number of furan rings is 1. The summed E-state index contributed by atoms with van der Waals surface area (Å²) in [5, 5.41) is 3.95. The van der Waals surface area contributed by atoms with Gasteiger partial charge in [-0.05, 0) is 31.2 Å². The van der Waals surface area contributed by atoms with Crippen LogP contribution in [0.5, 0.6) is 0 Å². The highest BCUT2D eigenvalue weighted by atomic mass is 35.5. The number of aromatic nitrogens is 2. The molecule has 0 amide bonds. The molecule has 0 saturated heterocycles. The van der Waals surface area contributed by atoms with Crippen LogP contribution in [0, 0.1) is 0 Å². The minimum Gasteiger partial charge on any atom is -0.467 e. The highest BCUT2D eigenvalue weighted by Gasteiger charge is 2.14. The smallest absolute Gasteiger partial charge is 0.129 e. The third-order valence-corrected chi connectivity index (χ3v) is 3.57. The topological polar surface area (TPSA) is 51.0 Å². The summed E-state index contributed by atoms with van der Waals surface area (Å²) in [4.78, 5) is 0. The molecule has 0 aliphatic rings. The van der Waals surface area contributed by atoms with Gasteiger partial charge in [-0.25, -0.2) is 0 Å². The van der Waals surface area contributed by atoms with Gasteiger partial charge in [0, 0.05) is 0 Å². The minimum atomic E-state index is 0.0183. The summed E-state index contributed by atoms with van der Waals surface area (Å²) in [6, 6.07) is 7.49. The number of nitrogens with zero attached hydrogens (tertiary/aromatic N) is 2. The molecule has 3 rings (SSSR count). The van der Waals surface area contributed by atoms with Crippen molar-refractivity contribution in [3.63, 3.8) is 0 Å². The van der Waals surface area contributed by atoms with Crippen LogP contribution in [0.25, 0.3) is 11.0 Å². The van der Waals surface area contributed by atoms with E-state index in [-0.39, 0.29) is 6.04 Å². The summed E-state index contributed by atoms with van der Waals surface area (Å²) in [6.45, 7) is 2.01. The van der Waals surface area contributed by atoms with Gasteiger partial charge < -0.3 is 9.73 Å². The van der Waals surface area contributed by atoms with E-state index in [0.717, 1.165) is 22.5 Å². The Morgan fingerprint density at radius 2 is 2.22 bits per heavy atom. The van der Waals surface area contributed by atoms with E-state index in [4.69, 9.17) is 16.0 Å². The Hall–Kier alpha value is -1.59. The third-order valence-electron chi connectivity index (χ3n) is 2.71. The second-order valence-electron chi connectivity index (χ2n) is 3.94. The van der Waals surface area contributed by atoms with Gasteiger partial charge in [0.15, 0.2) is 0 Å². The molecule has 18 heavy (non-hydrogen) atoms. The van der Waals surface area contributed by atoms with Gasteiger partial charge in [0.05, 0.1) is 34.7 Å². The fraction of sp³-hybridized carbons (Fsp3) is 0.167. The van der Waals surface area contributed by atoms with E-state index in [0.29, 0.717) is 5.02 Å². The van der Waals surface area contributed by atoms with Gasteiger partial charge in [-0.2, -0.15) is 8.75 Å². The molecule has 92 valence electrons.